The highest BCUT2D eigenvalue weighted by atomic mass is 35.5. The molecule has 1 aromatic rings. The maximum Gasteiger partial charge on any atom is 0.406 e. The molecule has 2 saturated heterocycles. The Morgan fingerprint density at radius 2 is 2.11 bits per heavy atom. The first-order valence-corrected chi connectivity index (χ1v) is 13.0. The summed E-state index contributed by atoms with van der Waals surface area (Å²) < 4.78 is 30.3. The SMILES string of the molecule is COC(=O)NCCO[C@@H](c1cc(F)cc(Cl)c1)C1CCCN(C(=O)NC[C@H](N)CC2CCCOC2)C1. The molecule has 4 N–H and O–H groups in total. The number of piperidine rings is 1. The number of carbonyl (C=O) groups excluding carboxylic acids is 2. The minimum absolute atomic E-state index is 0.0754. The standard InChI is InChI=1S/C25H38ClFN4O5/c1-34-25(33)29-6-9-36-23(19-11-20(26)13-21(27)12-19)18-5-2-7-31(15-18)24(32)30-14-22(28)10-17-4-3-8-35-16-17/h11-13,17-18,22-23H,2-10,14-16,28H2,1H3,(H,29,33)(H,30,32)/t17?,18?,22-,23-/m1/s1. The smallest absolute Gasteiger partial charge is 0.406 e. The van der Waals surface area contributed by atoms with E-state index in [0.29, 0.717) is 31.1 Å². The van der Waals surface area contributed by atoms with Crippen LogP contribution >= 0.6 is 11.6 Å². The predicted octanol–water partition coefficient (Wildman–Crippen LogP) is 3.46. The monoisotopic (exact) mass is 528 g/mol. The number of nitrogens with zero attached hydrogens (tertiary/aromatic N) is 1. The van der Waals surface area contributed by atoms with Crippen molar-refractivity contribution in [1.82, 2.24) is 15.5 Å². The number of likely N-dealkylation sites (tertiary alicyclic amines) is 1. The van der Waals surface area contributed by atoms with Gasteiger partial charge in [0.25, 0.3) is 0 Å². The molecule has 1 aromatic carbocycles. The van der Waals surface area contributed by atoms with E-state index in [4.69, 9.17) is 26.8 Å². The molecule has 3 rings (SSSR count). The fraction of sp³-hybridized carbons (Fsp3) is 0.680. The number of urea groups is 1. The number of nitrogens with two attached hydrogens (primary N) is 1. The first kappa shape index (κ1) is 28.4. The van der Waals surface area contributed by atoms with Gasteiger partial charge in [-0.25, -0.2) is 14.0 Å². The van der Waals surface area contributed by atoms with E-state index in [-0.39, 0.29) is 36.2 Å². The van der Waals surface area contributed by atoms with Crippen LogP contribution < -0.4 is 16.4 Å². The average Bonchev–Trinajstić information content (AvgIpc) is 2.87. The molecule has 0 radical (unpaired) electrons. The van der Waals surface area contributed by atoms with Crippen molar-refractivity contribution in [3.63, 3.8) is 0 Å². The lowest BCUT2D eigenvalue weighted by Gasteiger charge is -2.37. The van der Waals surface area contributed by atoms with Gasteiger partial charge in [-0.2, -0.15) is 0 Å². The lowest BCUT2D eigenvalue weighted by Crippen LogP contribution is -2.49. The Bertz CT molecular complexity index is 837. The van der Waals surface area contributed by atoms with Crippen LogP contribution in [0.2, 0.25) is 5.02 Å². The molecule has 4 atom stereocenters. The summed E-state index contributed by atoms with van der Waals surface area (Å²) in [6, 6.07) is 4.02. The summed E-state index contributed by atoms with van der Waals surface area (Å²) in [5.74, 6) is -0.0928. The van der Waals surface area contributed by atoms with Crippen LogP contribution in [0, 0.1) is 17.7 Å². The highest BCUT2D eigenvalue weighted by molar-refractivity contribution is 6.30. The van der Waals surface area contributed by atoms with Crippen LogP contribution in [-0.2, 0) is 14.2 Å². The van der Waals surface area contributed by atoms with Crippen LogP contribution in [0.1, 0.15) is 43.8 Å². The van der Waals surface area contributed by atoms with Crippen LogP contribution in [0.3, 0.4) is 0 Å². The van der Waals surface area contributed by atoms with Crippen LogP contribution in [-0.4, -0.2) is 76.2 Å². The number of benzene rings is 1. The van der Waals surface area contributed by atoms with Crippen molar-refractivity contribution in [1.29, 1.82) is 0 Å². The number of rotatable bonds is 10. The van der Waals surface area contributed by atoms with Gasteiger partial charge in [0, 0.05) is 56.4 Å². The Kier molecular flexibility index (Phi) is 11.5. The van der Waals surface area contributed by atoms with Crippen molar-refractivity contribution in [2.24, 2.45) is 17.6 Å². The molecule has 2 unspecified atom stereocenters. The van der Waals surface area contributed by atoms with E-state index in [1.54, 1.807) is 11.0 Å². The van der Waals surface area contributed by atoms with Gasteiger partial charge in [0.15, 0.2) is 0 Å². The summed E-state index contributed by atoms with van der Waals surface area (Å²) in [5, 5.41) is 5.81. The Morgan fingerprint density at radius 3 is 2.83 bits per heavy atom. The number of alkyl carbamates (subject to hydrolysis) is 1. The molecule has 11 heteroatoms. The zero-order chi connectivity index (χ0) is 25.9. The average molecular weight is 529 g/mol. The molecular formula is C25H38ClFN4O5. The summed E-state index contributed by atoms with van der Waals surface area (Å²) in [4.78, 5) is 26.0. The molecule has 0 spiro atoms. The Hall–Kier alpha value is -2.14. The molecule has 0 aliphatic carbocycles. The van der Waals surface area contributed by atoms with E-state index in [2.05, 4.69) is 15.4 Å². The quantitative estimate of drug-likeness (QED) is 0.401. The third-order valence-electron chi connectivity index (χ3n) is 6.65. The molecule has 0 aromatic heterocycles. The topological polar surface area (TPSA) is 115 Å². The Balaban J connectivity index is 1.57. The molecule has 2 aliphatic heterocycles. The van der Waals surface area contributed by atoms with E-state index in [9.17, 15) is 14.0 Å². The van der Waals surface area contributed by atoms with E-state index >= 15 is 0 Å². The van der Waals surface area contributed by atoms with E-state index in [0.717, 1.165) is 45.3 Å². The highest BCUT2D eigenvalue weighted by Gasteiger charge is 2.32. The predicted molar refractivity (Wildman–Crippen MR) is 134 cm³/mol. The third-order valence-corrected chi connectivity index (χ3v) is 6.87. The zero-order valence-corrected chi connectivity index (χ0v) is 21.6. The number of amides is 3. The summed E-state index contributed by atoms with van der Waals surface area (Å²) in [5.41, 5.74) is 6.87. The summed E-state index contributed by atoms with van der Waals surface area (Å²) in [6.07, 6.45) is 3.51. The molecule has 3 amide bonds. The number of hydrogen-bond donors (Lipinski definition) is 3. The molecule has 0 saturated carbocycles. The first-order valence-electron chi connectivity index (χ1n) is 12.6. The van der Waals surface area contributed by atoms with E-state index in [1.165, 1.54) is 19.2 Å². The highest BCUT2D eigenvalue weighted by Crippen LogP contribution is 2.34. The van der Waals surface area contributed by atoms with Gasteiger partial charge in [0.1, 0.15) is 5.82 Å². The summed E-state index contributed by atoms with van der Waals surface area (Å²) in [7, 11) is 1.28. The number of carbonyl (C=O) groups is 2. The molecule has 2 heterocycles. The lowest BCUT2D eigenvalue weighted by molar-refractivity contribution is -0.00865. The van der Waals surface area contributed by atoms with Gasteiger partial charge in [0.05, 0.1) is 19.8 Å². The van der Waals surface area contributed by atoms with Crippen molar-refractivity contribution in [3.05, 3.63) is 34.6 Å². The minimum Gasteiger partial charge on any atom is -0.453 e. The Morgan fingerprint density at radius 1 is 1.28 bits per heavy atom. The maximum atomic E-state index is 14.1. The number of methoxy groups -OCH3 is 1. The van der Waals surface area contributed by atoms with Crippen LogP contribution in [0.5, 0.6) is 0 Å². The summed E-state index contributed by atoms with van der Waals surface area (Å²) in [6.45, 7) is 3.43. The first-order chi connectivity index (χ1) is 17.4. The molecule has 2 aliphatic rings. The normalized spacial score (nSPS) is 21.9. The second-order valence-corrected chi connectivity index (χ2v) is 9.96. The molecule has 202 valence electrons. The molecule has 9 nitrogen and oxygen atoms in total. The summed E-state index contributed by atoms with van der Waals surface area (Å²) >= 11 is 6.11. The lowest BCUT2D eigenvalue weighted by atomic mass is 9.88. The van der Waals surface area contributed by atoms with Crippen molar-refractivity contribution in [2.45, 2.75) is 44.2 Å². The second kappa shape index (κ2) is 14.6. The van der Waals surface area contributed by atoms with Crippen molar-refractivity contribution < 1.29 is 28.2 Å². The second-order valence-electron chi connectivity index (χ2n) is 9.53. The number of halogens is 2. The molecule has 2 fully saturated rings. The van der Waals surface area contributed by atoms with E-state index in [1.807, 2.05) is 0 Å². The number of ether oxygens (including phenoxy) is 3. The van der Waals surface area contributed by atoms with Gasteiger partial charge >= 0.3 is 12.1 Å². The third kappa shape index (κ3) is 9.06. The fourth-order valence-electron chi connectivity index (χ4n) is 4.93. The van der Waals surface area contributed by atoms with Crippen LogP contribution in [0.25, 0.3) is 0 Å². The van der Waals surface area contributed by atoms with Crippen molar-refractivity contribution in [2.75, 3.05) is 53.1 Å². The molecule has 0 bridgehead atoms. The fourth-order valence-corrected chi connectivity index (χ4v) is 5.16. The number of hydrogen-bond acceptors (Lipinski definition) is 6. The van der Waals surface area contributed by atoms with Crippen molar-refractivity contribution >= 4 is 23.7 Å². The van der Waals surface area contributed by atoms with Gasteiger partial charge in [-0.05, 0) is 61.8 Å². The molecule has 36 heavy (non-hydrogen) atoms. The van der Waals surface area contributed by atoms with Gasteiger partial charge in [-0.1, -0.05) is 11.6 Å². The van der Waals surface area contributed by atoms with Gasteiger partial charge < -0.3 is 35.5 Å². The Labute approximate surface area is 217 Å². The largest absolute Gasteiger partial charge is 0.453 e. The van der Waals surface area contributed by atoms with Gasteiger partial charge in [-0.15, -0.1) is 0 Å². The van der Waals surface area contributed by atoms with Crippen molar-refractivity contribution in [3.8, 4) is 0 Å². The van der Waals surface area contributed by atoms with E-state index < -0.39 is 18.0 Å². The van der Waals surface area contributed by atoms with Crippen LogP contribution in [0.15, 0.2) is 18.2 Å². The molecular weight excluding hydrogens is 491 g/mol. The van der Waals surface area contributed by atoms with Crippen LogP contribution in [0.4, 0.5) is 14.0 Å². The number of nitrogens with one attached hydrogen (secondary N) is 2. The van der Waals surface area contributed by atoms with Gasteiger partial charge in [0.2, 0.25) is 0 Å². The minimum atomic E-state index is -0.557. The zero-order valence-electron chi connectivity index (χ0n) is 20.8. The maximum absolute atomic E-state index is 14.1. The van der Waals surface area contributed by atoms with Gasteiger partial charge in [-0.3, -0.25) is 0 Å².